The first-order valence-corrected chi connectivity index (χ1v) is 24.4. The normalized spacial score (nSPS) is 13.6. The molecule has 0 amide bonds. The molecule has 0 aliphatic heterocycles. The van der Waals surface area contributed by atoms with E-state index in [-0.39, 0.29) is 11.6 Å². The highest BCUT2D eigenvalue weighted by Gasteiger charge is 2.43. The van der Waals surface area contributed by atoms with E-state index in [2.05, 4.69) is 78.6 Å². The number of carbonyl (C=O) groups is 2. The zero-order valence-electron chi connectivity index (χ0n) is 20.8. The molecule has 1 aromatic rings. The van der Waals surface area contributed by atoms with Crippen molar-refractivity contribution in [2.45, 2.75) is 92.4 Å². The minimum atomic E-state index is -1.87. The average Bonchev–Trinajstić information content (AvgIpc) is 2.39. The van der Waals surface area contributed by atoms with Gasteiger partial charge in [-0.15, -0.1) is 0 Å². The van der Waals surface area contributed by atoms with E-state index in [0.29, 0.717) is 0 Å². The molecule has 6 heteroatoms. The first kappa shape index (κ1) is 25.5. The van der Waals surface area contributed by atoms with Gasteiger partial charge < -0.3 is 0 Å². The van der Waals surface area contributed by atoms with Crippen molar-refractivity contribution in [2.24, 2.45) is 0 Å². The first-order valence-electron chi connectivity index (χ1n) is 10.4. The molecule has 158 valence electrons. The van der Waals surface area contributed by atoms with Crippen molar-refractivity contribution in [1.29, 1.82) is 0 Å². The molecule has 0 spiro atoms. The Labute approximate surface area is 177 Å². The lowest BCUT2D eigenvalue weighted by Gasteiger charge is -2.41. The molecule has 0 radical (unpaired) electrons. The third-order valence-electron chi connectivity index (χ3n) is 5.20. The van der Waals surface area contributed by atoms with E-state index in [4.69, 9.17) is 0 Å². The smallest absolute Gasteiger partial charge is 0.160 e. The largest absolute Gasteiger partial charge is 0.294 e. The summed E-state index contributed by atoms with van der Waals surface area (Å²) in [5.74, 6) is 0.146. The number of benzene rings is 1. The van der Waals surface area contributed by atoms with Gasteiger partial charge in [-0.3, -0.25) is 9.59 Å². The summed E-state index contributed by atoms with van der Waals surface area (Å²) in [6.45, 7) is 31.9. The average molecular weight is 451 g/mol. The van der Waals surface area contributed by atoms with Gasteiger partial charge in [0.15, 0.2) is 11.6 Å². The van der Waals surface area contributed by atoms with Crippen LogP contribution in [-0.4, -0.2) is 43.9 Å². The van der Waals surface area contributed by atoms with Crippen molar-refractivity contribution in [3.05, 3.63) is 11.1 Å². The third kappa shape index (κ3) is 4.94. The highest BCUT2D eigenvalue weighted by atomic mass is 28.3. The van der Waals surface area contributed by atoms with Crippen LogP contribution in [0.3, 0.4) is 0 Å². The van der Waals surface area contributed by atoms with Gasteiger partial charge in [0.2, 0.25) is 0 Å². The van der Waals surface area contributed by atoms with E-state index in [1.54, 1.807) is 13.8 Å². The molecule has 0 heterocycles. The molecule has 28 heavy (non-hydrogen) atoms. The lowest BCUT2D eigenvalue weighted by atomic mass is 10.0. The van der Waals surface area contributed by atoms with Crippen LogP contribution in [0.5, 0.6) is 0 Å². The number of carbonyl (C=O) groups excluding carboxylic acids is 2. The van der Waals surface area contributed by atoms with Gasteiger partial charge in [0.25, 0.3) is 0 Å². The van der Waals surface area contributed by atoms with Crippen molar-refractivity contribution in [2.75, 3.05) is 0 Å². The van der Waals surface area contributed by atoms with Gasteiger partial charge in [-0.25, -0.2) is 0 Å². The van der Waals surface area contributed by atoms with Gasteiger partial charge in [0, 0.05) is 11.1 Å². The summed E-state index contributed by atoms with van der Waals surface area (Å²) in [5.41, 5.74) is 1.56. The topological polar surface area (TPSA) is 34.1 Å². The summed E-state index contributed by atoms with van der Waals surface area (Å²) in [7, 11) is -7.25. The predicted octanol–water partition coefficient (Wildman–Crippen LogP) is 4.27. The summed E-state index contributed by atoms with van der Waals surface area (Å²) in [6.07, 6.45) is 0. The number of ketones is 2. The second-order valence-corrected chi connectivity index (χ2v) is 32.4. The maximum absolute atomic E-state index is 13.1. The van der Waals surface area contributed by atoms with Crippen LogP contribution in [-0.2, 0) is 0 Å². The SMILES string of the molecule is CC(=O)c1c(C(C)=O)c([Si](C)(C)C)c([Si](C)(C)C)c([Si](C)(C)C)c1[Si](C)(C)C. The summed E-state index contributed by atoms with van der Waals surface area (Å²) in [4.78, 5) is 26.1. The summed E-state index contributed by atoms with van der Waals surface area (Å²) < 4.78 is 0. The maximum Gasteiger partial charge on any atom is 0.160 e. The molecule has 0 aromatic heterocycles. The van der Waals surface area contributed by atoms with E-state index in [1.807, 2.05) is 0 Å². The second-order valence-electron chi connectivity index (χ2n) is 12.4. The lowest BCUT2D eigenvalue weighted by Crippen LogP contribution is -2.74. The van der Waals surface area contributed by atoms with E-state index in [0.717, 1.165) is 11.1 Å². The molecule has 0 aliphatic rings. The van der Waals surface area contributed by atoms with Crippen LogP contribution in [0.1, 0.15) is 34.6 Å². The molecule has 0 saturated carbocycles. The monoisotopic (exact) mass is 450 g/mol. The van der Waals surface area contributed by atoms with Crippen LogP contribution in [0.15, 0.2) is 0 Å². The molecule has 0 bridgehead atoms. The van der Waals surface area contributed by atoms with Crippen molar-refractivity contribution < 1.29 is 9.59 Å². The standard InChI is InChI=1S/C22H42O2Si4/c1-15(23)17-18(16(2)24)20(26(6,7)8)22(28(12,13)14)21(27(9,10)11)19(17)25(3,4)5/h1-14H3. The number of rotatable bonds is 6. The molecular weight excluding hydrogens is 409 g/mol. The first-order chi connectivity index (χ1) is 12.1. The van der Waals surface area contributed by atoms with E-state index in [1.165, 1.54) is 20.7 Å². The van der Waals surface area contributed by atoms with Crippen LogP contribution in [0, 0.1) is 0 Å². The van der Waals surface area contributed by atoms with Crippen LogP contribution >= 0.6 is 0 Å². The second kappa shape index (κ2) is 7.60. The van der Waals surface area contributed by atoms with Gasteiger partial charge in [0.05, 0.1) is 32.3 Å². The van der Waals surface area contributed by atoms with Gasteiger partial charge in [0.1, 0.15) is 0 Å². The Kier molecular flexibility index (Phi) is 6.91. The van der Waals surface area contributed by atoms with Crippen molar-refractivity contribution >= 4 is 64.6 Å². The molecule has 2 nitrogen and oxygen atoms in total. The molecular formula is C22H42O2Si4. The van der Waals surface area contributed by atoms with Gasteiger partial charge in [-0.2, -0.15) is 0 Å². The Morgan fingerprint density at radius 1 is 0.429 bits per heavy atom. The molecule has 1 rings (SSSR count). The fourth-order valence-electron chi connectivity index (χ4n) is 4.45. The quantitative estimate of drug-likeness (QED) is 0.479. The molecule has 0 atom stereocenters. The Bertz CT molecular complexity index is 743. The van der Waals surface area contributed by atoms with E-state index < -0.39 is 32.3 Å². The fraction of sp³-hybridized carbons (Fsp3) is 0.636. The number of Topliss-reactive ketones (excluding diaryl/α,β-unsaturated/α-hetero) is 2. The molecule has 0 fully saturated rings. The number of hydrogen-bond donors (Lipinski definition) is 0. The van der Waals surface area contributed by atoms with Gasteiger partial charge >= 0.3 is 0 Å². The van der Waals surface area contributed by atoms with Crippen molar-refractivity contribution in [1.82, 2.24) is 0 Å². The van der Waals surface area contributed by atoms with Crippen molar-refractivity contribution in [3.63, 3.8) is 0 Å². The van der Waals surface area contributed by atoms with Crippen LogP contribution in [0.4, 0.5) is 0 Å². The Morgan fingerprint density at radius 3 is 0.714 bits per heavy atom. The van der Waals surface area contributed by atoms with Crippen LogP contribution in [0.25, 0.3) is 0 Å². The fourth-order valence-corrected chi connectivity index (χ4v) is 18.8. The van der Waals surface area contributed by atoms with Crippen molar-refractivity contribution in [3.8, 4) is 0 Å². The Hall–Kier alpha value is -0.572. The molecule has 1 aromatic carbocycles. The van der Waals surface area contributed by atoms with Gasteiger partial charge in [-0.1, -0.05) is 88.9 Å². The predicted molar refractivity (Wildman–Crippen MR) is 138 cm³/mol. The Morgan fingerprint density at radius 2 is 0.607 bits per heavy atom. The molecule has 0 aliphatic carbocycles. The van der Waals surface area contributed by atoms with E-state index >= 15 is 0 Å². The zero-order chi connectivity index (χ0) is 22.6. The third-order valence-corrected chi connectivity index (χ3v) is 14.0. The highest BCUT2D eigenvalue weighted by Crippen LogP contribution is 2.20. The summed E-state index contributed by atoms with van der Waals surface area (Å²) in [5, 5.41) is 5.64. The zero-order valence-corrected chi connectivity index (χ0v) is 24.8. The maximum atomic E-state index is 13.1. The Balaban J connectivity index is 4.74. The molecule has 0 N–H and O–H groups in total. The van der Waals surface area contributed by atoms with Crippen LogP contribution in [0.2, 0.25) is 78.6 Å². The lowest BCUT2D eigenvalue weighted by molar-refractivity contribution is 0.0982. The minimum Gasteiger partial charge on any atom is -0.294 e. The molecule has 0 saturated heterocycles. The summed E-state index contributed by atoms with van der Waals surface area (Å²) >= 11 is 0. The molecule has 0 unspecified atom stereocenters. The highest BCUT2D eigenvalue weighted by molar-refractivity contribution is 7.08. The minimum absolute atomic E-state index is 0.0729. The van der Waals surface area contributed by atoms with Gasteiger partial charge in [-0.05, 0) is 24.2 Å². The summed E-state index contributed by atoms with van der Waals surface area (Å²) in [6, 6.07) is 0. The van der Waals surface area contributed by atoms with E-state index in [9.17, 15) is 9.59 Å². The van der Waals surface area contributed by atoms with Crippen LogP contribution < -0.4 is 20.7 Å². The number of hydrogen-bond acceptors (Lipinski definition) is 2.